The van der Waals surface area contributed by atoms with E-state index in [1.54, 1.807) is 11.6 Å². The molecule has 0 atom stereocenters. The lowest BCUT2D eigenvalue weighted by Gasteiger charge is -2.18. The van der Waals surface area contributed by atoms with Gasteiger partial charge in [-0.05, 0) is 76.0 Å². The summed E-state index contributed by atoms with van der Waals surface area (Å²) in [4.78, 5) is 19.3. The fourth-order valence-corrected chi connectivity index (χ4v) is 3.82. The summed E-state index contributed by atoms with van der Waals surface area (Å²) < 4.78 is 8.56. The number of carbonyl (C=O) groups is 1. The Kier molecular flexibility index (Phi) is 6.16. The molecule has 0 N–H and O–H groups in total. The van der Waals surface area contributed by atoms with E-state index in [-0.39, 0.29) is 12.3 Å². The van der Waals surface area contributed by atoms with E-state index in [1.165, 1.54) is 0 Å². The Morgan fingerprint density at radius 3 is 2.56 bits per heavy atom. The van der Waals surface area contributed by atoms with Gasteiger partial charge in [0, 0.05) is 18.7 Å². The average Bonchev–Trinajstić information content (AvgIpc) is 3.00. The number of halogens is 2. The van der Waals surface area contributed by atoms with Crippen molar-refractivity contribution in [1.82, 2.24) is 19.5 Å². The number of carbonyl (C=O) groups excluding carboxylic acids is 1. The lowest BCUT2D eigenvalue weighted by atomic mass is 10.1. The molecular formula is C19H20Br2N4O2. The molecule has 0 saturated heterocycles. The number of aromatic nitrogens is 3. The first-order valence-electron chi connectivity index (χ1n) is 8.64. The monoisotopic (exact) mass is 494 g/mol. The summed E-state index contributed by atoms with van der Waals surface area (Å²) in [6.07, 6.45) is 0.227. The zero-order valence-electron chi connectivity index (χ0n) is 15.4. The number of rotatable bonds is 6. The molecule has 0 fully saturated rings. The van der Waals surface area contributed by atoms with Gasteiger partial charge in [-0.1, -0.05) is 0 Å². The van der Waals surface area contributed by atoms with Crippen LogP contribution in [0.2, 0.25) is 0 Å². The number of hydrogen-bond donors (Lipinski definition) is 0. The number of methoxy groups -OCH3 is 1. The minimum absolute atomic E-state index is 0.0532. The van der Waals surface area contributed by atoms with Crippen LogP contribution >= 0.6 is 31.9 Å². The van der Waals surface area contributed by atoms with Gasteiger partial charge in [0.2, 0.25) is 5.91 Å². The second kappa shape index (κ2) is 8.39. The van der Waals surface area contributed by atoms with Crippen molar-refractivity contribution in [2.24, 2.45) is 0 Å². The highest BCUT2D eigenvalue weighted by molar-refractivity contribution is 9.10. The lowest BCUT2D eigenvalue weighted by molar-refractivity contribution is -0.130. The molecule has 0 bridgehead atoms. The molecule has 3 aromatic rings. The zero-order chi connectivity index (χ0) is 19.6. The normalized spacial score (nSPS) is 11.0. The highest BCUT2D eigenvalue weighted by Crippen LogP contribution is 2.32. The number of hydrogen-bond acceptors (Lipinski definition) is 4. The van der Waals surface area contributed by atoms with E-state index in [0.717, 1.165) is 27.2 Å². The first-order valence-corrected chi connectivity index (χ1v) is 10.2. The molecule has 8 heteroatoms. The summed E-state index contributed by atoms with van der Waals surface area (Å²) in [6.45, 7) is 5.30. The van der Waals surface area contributed by atoms with E-state index in [1.807, 2.05) is 49.1 Å². The molecular weight excluding hydrogens is 476 g/mol. The Morgan fingerprint density at radius 2 is 1.93 bits per heavy atom. The van der Waals surface area contributed by atoms with Gasteiger partial charge < -0.3 is 9.64 Å². The van der Waals surface area contributed by atoms with Gasteiger partial charge in [0.1, 0.15) is 10.4 Å². The second-order valence-electron chi connectivity index (χ2n) is 5.93. The van der Waals surface area contributed by atoms with Crippen molar-refractivity contribution < 1.29 is 9.53 Å². The van der Waals surface area contributed by atoms with Crippen LogP contribution in [0, 0.1) is 0 Å². The molecule has 0 aliphatic carbocycles. The maximum atomic E-state index is 12.8. The SMILES string of the molecule is CCN(CC)C(=O)Cc1c(-c2ccc(OC)c(Br)c2)nc2ccc(Br)nn12. The van der Waals surface area contributed by atoms with E-state index in [9.17, 15) is 4.79 Å². The Morgan fingerprint density at radius 1 is 1.19 bits per heavy atom. The summed E-state index contributed by atoms with van der Waals surface area (Å²) in [5, 5.41) is 4.51. The van der Waals surface area contributed by atoms with Crippen molar-refractivity contribution in [2.75, 3.05) is 20.2 Å². The van der Waals surface area contributed by atoms with Crippen molar-refractivity contribution in [3.05, 3.63) is 45.1 Å². The number of ether oxygens (including phenoxy) is 1. The van der Waals surface area contributed by atoms with E-state index >= 15 is 0 Å². The fraction of sp³-hybridized carbons (Fsp3) is 0.316. The topological polar surface area (TPSA) is 59.7 Å². The van der Waals surface area contributed by atoms with Crippen molar-refractivity contribution in [1.29, 1.82) is 0 Å². The fourth-order valence-electron chi connectivity index (χ4n) is 2.99. The summed E-state index contributed by atoms with van der Waals surface area (Å²) in [7, 11) is 1.63. The smallest absolute Gasteiger partial charge is 0.228 e. The number of likely N-dealkylation sites (N-methyl/N-ethyl adjacent to an activating group) is 1. The third-order valence-electron chi connectivity index (χ3n) is 4.40. The number of amides is 1. The molecule has 1 aromatic carbocycles. The highest BCUT2D eigenvalue weighted by atomic mass is 79.9. The van der Waals surface area contributed by atoms with Crippen molar-refractivity contribution >= 4 is 43.4 Å². The van der Waals surface area contributed by atoms with E-state index in [2.05, 4.69) is 37.0 Å². The first kappa shape index (κ1) is 19.8. The lowest BCUT2D eigenvalue weighted by Crippen LogP contribution is -2.32. The minimum Gasteiger partial charge on any atom is -0.496 e. The zero-order valence-corrected chi connectivity index (χ0v) is 18.5. The minimum atomic E-state index is 0.0532. The molecule has 27 heavy (non-hydrogen) atoms. The standard InChI is InChI=1S/C19H20Br2N4O2/c1-4-24(5-2)18(26)11-14-19(12-6-7-15(27-3)13(20)10-12)22-17-9-8-16(21)23-25(14)17/h6-10H,4-5,11H2,1-3H3. The van der Waals surface area contributed by atoms with Gasteiger partial charge in [-0.25, -0.2) is 9.50 Å². The Labute approximate surface area is 174 Å². The molecule has 0 saturated carbocycles. The molecule has 0 spiro atoms. The van der Waals surface area contributed by atoms with Crippen molar-refractivity contribution in [3.8, 4) is 17.0 Å². The Hall–Kier alpha value is -1.93. The molecule has 0 aliphatic heterocycles. The number of nitrogens with zero attached hydrogens (tertiary/aromatic N) is 4. The maximum absolute atomic E-state index is 12.8. The summed E-state index contributed by atoms with van der Waals surface area (Å²) in [5.74, 6) is 0.793. The molecule has 2 heterocycles. The molecule has 0 radical (unpaired) electrons. The van der Waals surface area contributed by atoms with Crippen LogP contribution in [0.1, 0.15) is 19.5 Å². The van der Waals surface area contributed by atoms with Crippen LogP contribution in [0.5, 0.6) is 5.75 Å². The molecule has 1 amide bonds. The molecule has 3 rings (SSSR count). The second-order valence-corrected chi connectivity index (χ2v) is 7.59. The largest absolute Gasteiger partial charge is 0.496 e. The Bertz CT molecular complexity index is 983. The van der Waals surface area contributed by atoms with Crippen LogP contribution in [0.4, 0.5) is 0 Å². The van der Waals surface area contributed by atoms with Gasteiger partial charge in [-0.3, -0.25) is 4.79 Å². The molecule has 0 aliphatic rings. The predicted molar refractivity (Wildman–Crippen MR) is 112 cm³/mol. The maximum Gasteiger partial charge on any atom is 0.228 e. The van der Waals surface area contributed by atoms with E-state index in [0.29, 0.717) is 23.3 Å². The molecule has 6 nitrogen and oxygen atoms in total. The van der Waals surface area contributed by atoms with Gasteiger partial charge in [-0.15, -0.1) is 0 Å². The summed E-state index contributed by atoms with van der Waals surface area (Å²) in [5.41, 5.74) is 3.10. The molecule has 2 aromatic heterocycles. The van der Waals surface area contributed by atoms with E-state index < -0.39 is 0 Å². The Balaban J connectivity index is 2.14. The summed E-state index contributed by atoms with van der Waals surface area (Å²) in [6, 6.07) is 9.48. The van der Waals surface area contributed by atoms with Crippen molar-refractivity contribution in [3.63, 3.8) is 0 Å². The molecule has 142 valence electrons. The van der Waals surface area contributed by atoms with E-state index in [4.69, 9.17) is 9.72 Å². The number of benzene rings is 1. The number of imidazole rings is 1. The van der Waals surface area contributed by atoms with Crippen LogP contribution in [-0.2, 0) is 11.2 Å². The summed E-state index contributed by atoms with van der Waals surface area (Å²) >= 11 is 6.93. The quantitative estimate of drug-likeness (QED) is 0.510. The van der Waals surface area contributed by atoms with Crippen LogP contribution in [-0.4, -0.2) is 45.6 Å². The van der Waals surface area contributed by atoms with Crippen LogP contribution in [0.3, 0.4) is 0 Å². The first-order chi connectivity index (χ1) is 13.0. The van der Waals surface area contributed by atoms with Gasteiger partial charge in [-0.2, -0.15) is 5.10 Å². The third-order valence-corrected chi connectivity index (χ3v) is 5.44. The average molecular weight is 496 g/mol. The predicted octanol–water partition coefficient (Wildman–Crippen LogP) is 4.34. The van der Waals surface area contributed by atoms with Gasteiger partial charge in [0.05, 0.1) is 29.4 Å². The number of fused-ring (bicyclic) bond motifs is 1. The van der Waals surface area contributed by atoms with Gasteiger partial charge in [0.15, 0.2) is 5.65 Å². The third kappa shape index (κ3) is 4.01. The van der Waals surface area contributed by atoms with Crippen molar-refractivity contribution in [2.45, 2.75) is 20.3 Å². The van der Waals surface area contributed by atoms with Crippen LogP contribution in [0.25, 0.3) is 16.9 Å². The highest BCUT2D eigenvalue weighted by Gasteiger charge is 2.21. The van der Waals surface area contributed by atoms with Crippen LogP contribution in [0.15, 0.2) is 39.4 Å². The molecule has 0 unspecified atom stereocenters. The van der Waals surface area contributed by atoms with Crippen LogP contribution < -0.4 is 4.74 Å². The van der Waals surface area contributed by atoms with Gasteiger partial charge >= 0.3 is 0 Å². The van der Waals surface area contributed by atoms with Gasteiger partial charge in [0.25, 0.3) is 0 Å².